The second-order valence-electron chi connectivity index (χ2n) is 5.93. The number of urea groups is 1. The number of nitrogens with two attached hydrogens (primary N) is 2. The average Bonchev–Trinajstić information content (AvgIpc) is 2.95. The van der Waals surface area contributed by atoms with Crippen molar-refractivity contribution in [2.45, 2.75) is 12.4 Å². The molecule has 0 saturated carbocycles. The first-order valence-electron chi connectivity index (χ1n) is 8.00. The Balaban J connectivity index is 1.93. The number of aromatic nitrogens is 1. The number of anilines is 1. The molecule has 7 N–H and O–H groups in total. The first-order valence-corrected chi connectivity index (χ1v) is 8.00. The number of halogens is 3. The van der Waals surface area contributed by atoms with Crippen LogP contribution in [0.25, 0.3) is 10.9 Å². The molecule has 9 heteroatoms. The Labute approximate surface area is 157 Å². The van der Waals surface area contributed by atoms with Crippen molar-refractivity contribution in [1.82, 2.24) is 4.98 Å². The average molecular weight is 388 g/mol. The molecule has 2 aromatic carbocycles. The summed E-state index contributed by atoms with van der Waals surface area (Å²) in [6.07, 6.45) is -5.74. The minimum Gasteiger partial charge on any atom is -0.374 e. The Morgan fingerprint density at radius 2 is 1.71 bits per heavy atom. The van der Waals surface area contributed by atoms with Crippen LogP contribution in [0.2, 0.25) is 0 Å². The molecule has 144 valence electrons. The molecule has 1 atom stereocenters. The molecule has 0 aliphatic heterocycles. The lowest BCUT2D eigenvalue weighted by molar-refractivity contribution is -0.137. The molecule has 6 nitrogen and oxygen atoms in total. The predicted octanol–water partition coefficient (Wildman–Crippen LogP) is 3.03. The van der Waals surface area contributed by atoms with Gasteiger partial charge in [0.25, 0.3) is 0 Å². The van der Waals surface area contributed by atoms with Crippen molar-refractivity contribution in [3.8, 4) is 11.8 Å². The van der Waals surface area contributed by atoms with E-state index in [9.17, 15) is 23.1 Å². The second-order valence-corrected chi connectivity index (χ2v) is 5.93. The molecule has 0 spiro atoms. The van der Waals surface area contributed by atoms with Gasteiger partial charge < -0.3 is 21.6 Å². The van der Waals surface area contributed by atoms with E-state index in [4.69, 9.17) is 11.5 Å². The van der Waals surface area contributed by atoms with E-state index in [2.05, 4.69) is 22.1 Å². The number of amides is 2. The lowest BCUT2D eigenvalue weighted by atomic mass is 10.1. The van der Waals surface area contributed by atoms with Gasteiger partial charge in [-0.25, -0.2) is 4.79 Å². The van der Waals surface area contributed by atoms with Crippen molar-refractivity contribution in [1.29, 1.82) is 0 Å². The highest BCUT2D eigenvalue weighted by atomic mass is 19.4. The number of hydrogen-bond acceptors (Lipinski definition) is 3. The molecular weight excluding hydrogens is 373 g/mol. The molecule has 2 amide bonds. The van der Waals surface area contributed by atoms with Crippen molar-refractivity contribution < 1.29 is 23.1 Å². The molecule has 0 radical (unpaired) electrons. The number of primary amides is 1. The summed E-state index contributed by atoms with van der Waals surface area (Å²) < 4.78 is 37.8. The lowest BCUT2D eigenvalue weighted by Crippen LogP contribution is -2.21. The first-order chi connectivity index (χ1) is 13.1. The molecule has 1 unspecified atom stereocenters. The van der Waals surface area contributed by atoms with Gasteiger partial charge in [-0.2, -0.15) is 13.2 Å². The fourth-order valence-corrected chi connectivity index (χ4v) is 2.71. The van der Waals surface area contributed by atoms with Crippen LogP contribution in [0, 0.1) is 11.8 Å². The number of alkyl halides is 3. The van der Waals surface area contributed by atoms with Gasteiger partial charge in [-0.1, -0.05) is 17.9 Å². The Hall–Kier alpha value is -3.48. The number of benzene rings is 2. The fourth-order valence-electron chi connectivity index (χ4n) is 2.71. The number of aromatic amines is 1. The van der Waals surface area contributed by atoms with E-state index in [1.165, 1.54) is 12.1 Å². The molecule has 1 heterocycles. The van der Waals surface area contributed by atoms with Gasteiger partial charge in [0.1, 0.15) is 12.0 Å². The number of fused-ring (bicyclic) bond motifs is 1. The Kier molecular flexibility index (Phi) is 5.00. The van der Waals surface area contributed by atoms with Crippen LogP contribution < -0.4 is 16.8 Å². The normalized spacial score (nSPS) is 12.3. The van der Waals surface area contributed by atoms with Crippen molar-refractivity contribution in [3.63, 3.8) is 0 Å². The van der Waals surface area contributed by atoms with Gasteiger partial charge in [0.05, 0.1) is 5.56 Å². The van der Waals surface area contributed by atoms with Crippen LogP contribution in [0.5, 0.6) is 0 Å². The number of aliphatic hydroxyl groups excluding tert-OH is 1. The summed E-state index contributed by atoms with van der Waals surface area (Å²) in [6, 6.07) is 8.67. The van der Waals surface area contributed by atoms with Gasteiger partial charge in [-0.05, 0) is 36.4 Å². The zero-order valence-electron chi connectivity index (χ0n) is 14.3. The number of nitrogens with one attached hydrogen (secondary N) is 2. The SMILES string of the molecule is NC(=O)Nc1[nH]c2cc(C#Cc3ccc(C(F)(F)F)cc3)ccc2c1C(N)O. The number of carbonyl (C=O) groups is 1. The smallest absolute Gasteiger partial charge is 0.374 e. The van der Waals surface area contributed by atoms with Crippen LogP contribution in [-0.4, -0.2) is 16.1 Å². The summed E-state index contributed by atoms with van der Waals surface area (Å²) in [7, 11) is 0. The summed E-state index contributed by atoms with van der Waals surface area (Å²) in [5.74, 6) is 5.81. The van der Waals surface area contributed by atoms with Gasteiger partial charge in [0.2, 0.25) is 0 Å². The minimum absolute atomic E-state index is 0.172. The maximum atomic E-state index is 12.6. The van der Waals surface area contributed by atoms with Crippen molar-refractivity contribution >= 4 is 22.8 Å². The molecule has 0 aliphatic rings. The van der Waals surface area contributed by atoms with Gasteiger partial charge in [-0.15, -0.1) is 0 Å². The molecule has 3 aromatic rings. The van der Waals surface area contributed by atoms with E-state index in [-0.39, 0.29) is 11.4 Å². The van der Waals surface area contributed by atoms with Crippen molar-refractivity contribution in [3.05, 3.63) is 64.7 Å². The number of aliphatic hydroxyl groups is 1. The maximum Gasteiger partial charge on any atom is 0.416 e. The third-order valence-corrected chi connectivity index (χ3v) is 3.95. The Bertz CT molecular complexity index is 1090. The standard InChI is InChI=1S/C19H15F3N4O2/c20-19(21,22)12-6-3-10(4-7-12)1-2-11-5-8-13-14(9-11)25-17(26-18(24)28)15(13)16(23)27/h3-9,16,25,27H,23H2,(H3,24,26,28). The third-order valence-electron chi connectivity index (χ3n) is 3.95. The largest absolute Gasteiger partial charge is 0.416 e. The van der Waals surface area contributed by atoms with E-state index in [1.807, 2.05) is 0 Å². The van der Waals surface area contributed by atoms with Crippen LogP contribution in [0.3, 0.4) is 0 Å². The number of carbonyl (C=O) groups excluding carboxylic acids is 1. The monoisotopic (exact) mass is 388 g/mol. The van der Waals surface area contributed by atoms with E-state index in [0.717, 1.165) is 12.1 Å². The quantitative estimate of drug-likeness (QED) is 0.343. The van der Waals surface area contributed by atoms with Crippen molar-refractivity contribution in [2.75, 3.05) is 5.32 Å². The van der Waals surface area contributed by atoms with E-state index in [0.29, 0.717) is 22.0 Å². The Morgan fingerprint density at radius 3 is 2.29 bits per heavy atom. The predicted molar refractivity (Wildman–Crippen MR) is 98.1 cm³/mol. The molecule has 3 rings (SSSR count). The van der Waals surface area contributed by atoms with Gasteiger partial charge in [-0.3, -0.25) is 5.32 Å². The molecule has 28 heavy (non-hydrogen) atoms. The van der Waals surface area contributed by atoms with E-state index < -0.39 is 24.0 Å². The molecule has 0 bridgehead atoms. The maximum absolute atomic E-state index is 12.6. The molecule has 0 aliphatic carbocycles. The van der Waals surface area contributed by atoms with Gasteiger partial charge >= 0.3 is 12.2 Å². The zero-order chi connectivity index (χ0) is 20.5. The molecule has 0 saturated heterocycles. The van der Waals surface area contributed by atoms with Crippen LogP contribution in [-0.2, 0) is 6.18 Å². The summed E-state index contributed by atoms with van der Waals surface area (Å²) >= 11 is 0. The van der Waals surface area contributed by atoms with Crippen LogP contribution in [0.15, 0.2) is 42.5 Å². The van der Waals surface area contributed by atoms with Crippen LogP contribution >= 0.6 is 0 Å². The summed E-state index contributed by atoms with van der Waals surface area (Å²) in [5, 5.41) is 12.7. The minimum atomic E-state index is -4.40. The molecular formula is C19H15F3N4O2. The van der Waals surface area contributed by atoms with E-state index >= 15 is 0 Å². The fraction of sp³-hybridized carbons (Fsp3) is 0.105. The molecule has 0 fully saturated rings. The van der Waals surface area contributed by atoms with Crippen LogP contribution in [0.4, 0.5) is 23.8 Å². The van der Waals surface area contributed by atoms with Crippen LogP contribution in [0.1, 0.15) is 28.5 Å². The topological polar surface area (TPSA) is 117 Å². The van der Waals surface area contributed by atoms with E-state index in [1.54, 1.807) is 18.2 Å². The third kappa shape index (κ3) is 4.09. The first kappa shape index (κ1) is 19.3. The highest BCUT2D eigenvalue weighted by molar-refractivity contribution is 5.96. The van der Waals surface area contributed by atoms with Crippen molar-refractivity contribution in [2.24, 2.45) is 11.5 Å². The summed E-state index contributed by atoms with van der Waals surface area (Å²) in [4.78, 5) is 14.0. The molecule has 1 aromatic heterocycles. The lowest BCUT2D eigenvalue weighted by Gasteiger charge is -2.07. The van der Waals surface area contributed by atoms with Gasteiger partial charge in [0.15, 0.2) is 0 Å². The summed E-state index contributed by atoms with van der Waals surface area (Å²) in [6.45, 7) is 0. The Morgan fingerprint density at radius 1 is 1.11 bits per heavy atom. The number of rotatable bonds is 2. The second kappa shape index (κ2) is 7.26. The number of H-pyrrole nitrogens is 1. The summed E-state index contributed by atoms with van der Waals surface area (Å²) in [5.41, 5.74) is 11.7. The van der Waals surface area contributed by atoms with Gasteiger partial charge in [0, 0.05) is 27.6 Å². The number of hydrogen-bond donors (Lipinski definition) is 5. The zero-order valence-corrected chi connectivity index (χ0v) is 14.3. The highest BCUT2D eigenvalue weighted by Gasteiger charge is 2.29. The highest BCUT2D eigenvalue weighted by Crippen LogP contribution is 2.31.